The van der Waals surface area contributed by atoms with E-state index in [2.05, 4.69) is 37.5 Å². The van der Waals surface area contributed by atoms with Crippen molar-refractivity contribution in [2.24, 2.45) is 0 Å². The zero-order chi connectivity index (χ0) is 17.6. The maximum Gasteiger partial charge on any atom is 0.181 e. The lowest BCUT2D eigenvalue weighted by Gasteiger charge is -2.30. The lowest BCUT2D eigenvalue weighted by molar-refractivity contribution is 0.0358. The molecule has 1 saturated heterocycles. The van der Waals surface area contributed by atoms with Crippen molar-refractivity contribution in [2.45, 2.75) is 6.04 Å². The van der Waals surface area contributed by atoms with Crippen molar-refractivity contribution < 1.29 is 4.74 Å². The molecule has 4 rings (SSSR count). The molecule has 0 bridgehead atoms. The minimum absolute atomic E-state index is 0.0126. The predicted octanol–water partition coefficient (Wildman–Crippen LogP) is 2.35. The minimum atomic E-state index is 0.0126. The molecule has 2 aromatic heterocycles. The molecule has 0 spiro atoms. The van der Waals surface area contributed by atoms with Crippen LogP contribution in [0.3, 0.4) is 0 Å². The van der Waals surface area contributed by atoms with Gasteiger partial charge in [0, 0.05) is 43.3 Å². The Morgan fingerprint density at radius 3 is 2.62 bits per heavy atom. The fraction of sp³-hybridized carbons (Fsp3) is 0.316. The second-order valence-electron chi connectivity index (χ2n) is 6.26. The lowest BCUT2D eigenvalue weighted by atomic mass is 10.2. The van der Waals surface area contributed by atoms with E-state index < -0.39 is 0 Å². The molecule has 0 aliphatic carbocycles. The van der Waals surface area contributed by atoms with Gasteiger partial charge in [-0.2, -0.15) is 5.10 Å². The number of hydrogen-bond acceptors (Lipinski definition) is 6. The van der Waals surface area contributed by atoms with Gasteiger partial charge < -0.3 is 10.1 Å². The van der Waals surface area contributed by atoms with Gasteiger partial charge in [0.05, 0.1) is 19.3 Å². The first-order valence-electron chi connectivity index (χ1n) is 8.83. The standard InChI is InChI=1S/C19H22N6O/c1-2-4-16(5-3-1)21-17(14-25-10-12-26-13-11-25)19-22-18(23-24-19)15-6-8-20-9-7-15/h1-9,17,21H,10-14H2,(H,22,23,24). The topological polar surface area (TPSA) is 79.0 Å². The Labute approximate surface area is 152 Å². The summed E-state index contributed by atoms with van der Waals surface area (Å²) >= 11 is 0. The van der Waals surface area contributed by atoms with Gasteiger partial charge in [0.25, 0.3) is 0 Å². The van der Waals surface area contributed by atoms with Crippen LogP contribution < -0.4 is 5.32 Å². The molecule has 1 aliphatic heterocycles. The molecule has 26 heavy (non-hydrogen) atoms. The van der Waals surface area contributed by atoms with Gasteiger partial charge in [-0.1, -0.05) is 18.2 Å². The molecule has 3 aromatic rings. The molecule has 7 nitrogen and oxygen atoms in total. The van der Waals surface area contributed by atoms with Gasteiger partial charge in [-0.25, -0.2) is 4.98 Å². The third kappa shape index (κ3) is 4.07. The van der Waals surface area contributed by atoms with Crippen LogP contribution in [0, 0.1) is 0 Å². The summed E-state index contributed by atoms with van der Waals surface area (Å²) in [5, 5.41) is 11.1. The molecular weight excluding hydrogens is 328 g/mol. The highest BCUT2D eigenvalue weighted by Crippen LogP contribution is 2.21. The van der Waals surface area contributed by atoms with Gasteiger partial charge in [0.2, 0.25) is 0 Å². The highest BCUT2D eigenvalue weighted by atomic mass is 16.5. The number of pyridine rings is 1. The number of aromatic nitrogens is 4. The molecule has 1 atom stereocenters. The zero-order valence-electron chi connectivity index (χ0n) is 14.5. The number of H-pyrrole nitrogens is 1. The van der Waals surface area contributed by atoms with Crippen molar-refractivity contribution in [3.05, 3.63) is 60.7 Å². The molecule has 1 aliphatic rings. The summed E-state index contributed by atoms with van der Waals surface area (Å²) in [5.41, 5.74) is 2.01. The second-order valence-corrected chi connectivity index (χ2v) is 6.26. The number of nitrogens with zero attached hydrogens (tertiary/aromatic N) is 4. The Balaban J connectivity index is 1.56. The fourth-order valence-corrected chi connectivity index (χ4v) is 3.04. The van der Waals surface area contributed by atoms with E-state index in [0.29, 0.717) is 5.82 Å². The van der Waals surface area contributed by atoms with E-state index in [0.717, 1.165) is 49.9 Å². The fourth-order valence-electron chi connectivity index (χ4n) is 3.04. The van der Waals surface area contributed by atoms with Crippen LogP contribution in [-0.4, -0.2) is 57.9 Å². The monoisotopic (exact) mass is 350 g/mol. The van der Waals surface area contributed by atoms with Crippen molar-refractivity contribution in [1.82, 2.24) is 25.1 Å². The van der Waals surface area contributed by atoms with E-state index in [-0.39, 0.29) is 6.04 Å². The van der Waals surface area contributed by atoms with E-state index in [1.165, 1.54) is 0 Å². The van der Waals surface area contributed by atoms with Crippen LogP contribution in [0.25, 0.3) is 11.4 Å². The number of benzene rings is 1. The third-order valence-corrected chi connectivity index (χ3v) is 4.43. The highest BCUT2D eigenvalue weighted by molar-refractivity contribution is 5.53. The number of nitrogens with one attached hydrogen (secondary N) is 2. The second kappa shape index (κ2) is 8.07. The Hall–Kier alpha value is -2.77. The van der Waals surface area contributed by atoms with E-state index in [9.17, 15) is 0 Å². The maximum absolute atomic E-state index is 5.46. The number of rotatable bonds is 6. The summed E-state index contributed by atoms with van der Waals surface area (Å²) in [6, 6.07) is 14.0. The smallest absolute Gasteiger partial charge is 0.181 e. The van der Waals surface area contributed by atoms with E-state index in [1.54, 1.807) is 12.4 Å². The molecule has 1 unspecified atom stereocenters. The summed E-state index contributed by atoms with van der Waals surface area (Å²) in [5.74, 6) is 1.51. The number of hydrogen-bond donors (Lipinski definition) is 2. The van der Waals surface area contributed by atoms with Crippen LogP contribution in [0.2, 0.25) is 0 Å². The number of anilines is 1. The maximum atomic E-state index is 5.46. The average Bonchev–Trinajstić information content (AvgIpc) is 3.20. The van der Waals surface area contributed by atoms with E-state index >= 15 is 0 Å². The van der Waals surface area contributed by atoms with Crippen LogP contribution in [-0.2, 0) is 4.74 Å². The summed E-state index contributed by atoms with van der Waals surface area (Å²) in [6.45, 7) is 4.24. The molecule has 3 heterocycles. The SMILES string of the molecule is c1ccc(NC(CN2CCOCC2)c2nc(-c3ccncc3)n[nH]2)cc1. The highest BCUT2D eigenvalue weighted by Gasteiger charge is 2.21. The zero-order valence-corrected chi connectivity index (χ0v) is 14.5. The van der Waals surface area contributed by atoms with Crippen molar-refractivity contribution in [3.8, 4) is 11.4 Å². The van der Waals surface area contributed by atoms with Gasteiger partial charge in [0.1, 0.15) is 5.82 Å². The number of aromatic amines is 1. The molecule has 1 fully saturated rings. The first kappa shape index (κ1) is 16.7. The van der Waals surface area contributed by atoms with Crippen molar-refractivity contribution >= 4 is 5.69 Å². The van der Waals surface area contributed by atoms with Crippen LogP contribution in [0.4, 0.5) is 5.69 Å². The minimum Gasteiger partial charge on any atom is -0.379 e. The normalized spacial score (nSPS) is 16.3. The number of ether oxygens (including phenoxy) is 1. The Bertz CT molecular complexity index is 801. The summed E-state index contributed by atoms with van der Waals surface area (Å²) in [4.78, 5) is 11.2. The molecule has 0 amide bonds. The summed E-state index contributed by atoms with van der Waals surface area (Å²) in [7, 11) is 0. The van der Waals surface area contributed by atoms with Crippen LogP contribution in [0.1, 0.15) is 11.9 Å². The molecule has 7 heteroatoms. The van der Waals surface area contributed by atoms with Gasteiger partial charge >= 0.3 is 0 Å². The third-order valence-electron chi connectivity index (χ3n) is 4.43. The first-order valence-corrected chi connectivity index (χ1v) is 8.83. The summed E-state index contributed by atoms with van der Waals surface area (Å²) < 4.78 is 5.46. The lowest BCUT2D eigenvalue weighted by Crippen LogP contribution is -2.40. The van der Waals surface area contributed by atoms with Crippen molar-refractivity contribution in [2.75, 3.05) is 38.2 Å². The van der Waals surface area contributed by atoms with Crippen LogP contribution in [0.15, 0.2) is 54.9 Å². The Kier molecular flexibility index (Phi) is 5.18. The largest absolute Gasteiger partial charge is 0.379 e. The molecule has 1 aromatic carbocycles. The van der Waals surface area contributed by atoms with Crippen LogP contribution >= 0.6 is 0 Å². The molecule has 134 valence electrons. The Morgan fingerprint density at radius 2 is 1.85 bits per heavy atom. The van der Waals surface area contributed by atoms with Gasteiger partial charge in [-0.15, -0.1) is 0 Å². The van der Waals surface area contributed by atoms with Gasteiger partial charge in [-0.05, 0) is 24.3 Å². The molecule has 0 radical (unpaired) electrons. The van der Waals surface area contributed by atoms with Gasteiger partial charge in [-0.3, -0.25) is 15.0 Å². The molecule has 2 N–H and O–H groups in total. The number of para-hydroxylation sites is 1. The van der Waals surface area contributed by atoms with Crippen LogP contribution in [0.5, 0.6) is 0 Å². The van der Waals surface area contributed by atoms with Crippen molar-refractivity contribution in [3.63, 3.8) is 0 Å². The average molecular weight is 350 g/mol. The van der Waals surface area contributed by atoms with E-state index in [1.807, 2.05) is 30.3 Å². The Morgan fingerprint density at radius 1 is 1.08 bits per heavy atom. The molecule has 0 saturated carbocycles. The first-order chi connectivity index (χ1) is 12.9. The predicted molar refractivity (Wildman–Crippen MR) is 99.7 cm³/mol. The van der Waals surface area contributed by atoms with Crippen molar-refractivity contribution in [1.29, 1.82) is 0 Å². The number of morpholine rings is 1. The van der Waals surface area contributed by atoms with E-state index in [4.69, 9.17) is 9.72 Å². The quantitative estimate of drug-likeness (QED) is 0.710. The summed E-state index contributed by atoms with van der Waals surface area (Å²) in [6.07, 6.45) is 3.50. The van der Waals surface area contributed by atoms with Gasteiger partial charge in [0.15, 0.2) is 5.82 Å². The molecular formula is C19H22N6O.